The number of carbonyl (C=O) groups is 1. The smallest absolute Gasteiger partial charge is 0.351 e. The van der Waals surface area contributed by atoms with Gasteiger partial charge in [-0.15, -0.1) is 6.58 Å². The van der Waals surface area contributed by atoms with Gasteiger partial charge in [0.15, 0.2) is 6.23 Å². The lowest BCUT2D eigenvalue weighted by Gasteiger charge is -2.51. The van der Waals surface area contributed by atoms with Crippen molar-refractivity contribution in [2.75, 3.05) is 18.5 Å². The van der Waals surface area contributed by atoms with Crippen molar-refractivity contribution in [2.45, 2.75) is 102 Å². The van der Waals surface area contributed by atoms with Crippen LogP contribution >= 0.6 is 0 Å². The fourth-order valence-electron chi connectivity index (χ4n) is 6.16. The number of hydrogen-bond donors (Lipinski definition) is 1. The summed E-state index contributed by atoms with van der Waals surface area (Å²) < 4.78 is 35.6. The van der Waals surface area contributed by atoms with Crippen LogP contribution in [0, 0.1) is 0 Å². The SMILES string of the molecule is C=CCO[C@@H]1[C@@H]2O[Si](C(C)C)(C(C)C)O[Si](C(C)C)(C(C)C)OC[C@H]2O[C@H]1n1ccc(NC(=O)c2ccccc2)nc1=O. The Morgan fingerprint density at radius 2 is 1.67 bits per heavy atom. The van der Waals surface area contributed by atoms with Crippen LogP contribution in [0.5, 0.6) is 0 Å². The third-order valence-corrected chi connectivity index (χ3v) is 18.7. The van der Waals surface area contributed by atoms with Crippen LogP contribution in [0.4, 0.5) is 5.82 Å². The van der Waals surface area contributed by atoms with Crippen LogP contribution < -0.4 is 11.0 Å². The van der Waals surface area contributed by atoms with Crippen LogP contribution in [0.25, 0.3) is 0 Å². The molecular weight excluding hydrogens is 583 g/mol. The number of hydrogen-bond acceptors (Lipinski definition) is 8. The Kier molecular flexibility index (Phi) is 10.6. The number of amides is 1. The summed E-state index contributed by atoms with van der Waals surface area (Å²) >= 11 is 0. The standard InChI is InChI=1S/C31H47N3O7Si2/c1-10-18-37-28-27-25(19-38-42(20(2)3,21(4)5)41-43(40-27,22(6)7)23(8)9)39-30(28)34-17-16-26(33-31(34)36)32-29(35)24-14-12-11-13-15-24/h10-17,20-23,25,27-28,30H,1,18-19H2,2-9H3,(H,32,33,35,36)/t25-,27-,28-,30-/m1/s1. The van der Waals surface area contributed by atoms with Crippen molar-refractivity contribution in [2.24, 2.45) is 0 Å². The summed E-state index contributed by atoms with van der Waals surface area (Å²) in [5, 5.41) is 2.69. The molecule has 43 heavy (non-hydrogen) atoms. The van der Waals surface area contributed by atoms with E-state index in [2.05, 4.69) is 72.3 Å². The number of fused-ring (bicyclic) bond motifs is 1. The van der Waals surface area contributed by atoms with Crippen molar-refractivity contribution < 1.29 is 27.2 Å². The van der Waals surface area contributed by atoms with Crippen LogP contribution in [-0.4, -0.2) is 64.1 Å². The lowest BCUT2D eigenvalue weighted by atomic mass is 10.1. The molecule has 10 nitrogen and oxygen atoms in total. The van der Waals surface area contributed by atoms with E-state index in [4.69, 9.17) is 22.4 Å². The van der Waals surface area contributed by atoms with Gasteiger partial charge in [-0.2, -0.15) is 4.98 Å². The molecule has 0 unspecified atom stereocenters. The lowest BCUT2D eigenvalue weighted by Crippen LogP contribution is -2.66. The first-order chi connectivity index (χ1) is 20.4. The second kappa shape index (κ2) is 13.7. The normalized spacial score (nSPS) is 25.0. The molecular formula is C31H47N3O7Si2. The molecule has 0 spiro atoms. The van der Waals surface area contributed by atoms with Crippen molar-refractivity contribution in [3.8, 4) is 0 Å². The Morgan fingerprint density at radius 1 is 1.05 bits per heavy atom. The highest BCUT2D eigenvalue weighted by Crippen LogP contribution is 2.48. The van der Waals surface area contributed by atoms with E-state index in [1.807, 2.05) is 6.07 Å². The lowest BCUT2D eigenvalue weighted by molar-refractivity contribution is -0.0682. The Labute approximate surface area is 257 Å². The van der Waals surface area contributed by atoms with Crippen LogP contribution in [0.3, 0.4) is 0 Å². The average molecular weight is 630 g/mol. The Balaban J connectivity index is 1.71. The molecule has 1 aromatic heterocycles. The summed E-state index contributed by atoms with van der Waals surface area (Å²) in [5.41, 5.74) is 0.496. The third kappa shape index (κ3) is 6.65. The minimum atomic E-state index is -2.95. The quantitative estimate of drug-likeness (QED) is 0.255. The van der Waals surface area contributed by atoms with Gasteiger partial charge in [0.25, 0.3) is 5.91 Å². The maximum Gasteiger partial charge on any atom is 0.351 e. The fourth-order valence-corrected chi connectivity index (χ4v) is 17.4. The molecule has 1 aromatic carbocycles. The number of nitrogens with zero attached hydrogens (tertiary/aromatic N) is 2. The first kappa shape index (κ1) is 33.4. The molecule has 0 bridgehead atoms. The summed E-state index contributed by atoms with van der Waals surface area (Å²) in [5.74, 6) is -0.211. The van der Waals surface area contributed by atoms with E-state index in [1.54, 1.807) is 42.6 Å². The molecule has 4 atom stereocenters. The molecule has 2 aliphatic heterocycles. The molecule has 3 heterocycles. The highest BCUT2D eigenvalue weighted by atomic mass is 28.5. The highest BCUT2D eigenvalue weighted by molar-refractivity contribution is 6.84. The largest absolute Gasteiger partial charge is 0.414 e. The second-order valence-electron chi connectivity index (χ2n) is 12.5. The molecule has 0 saturated carbocycles. The first-order valence-corrected chi connectivity index (χ1v) is 19.2. The molecule has 0 radical (unpaired) electrons. The monoisotopic (exact) mass is 629 g/mol. The summed E-state index contributed by atoms with van der Waals surface area (Å²) in [6, 6.07) is 10.3. The molecule has 2 aromatic rings. The predicted octanol–water partition coefficient (Wildman–Crippen LogP) is 5.92. The van der Waals surface area contributed by atoms with Crippen LogP contribution in [0.1, 0.15) is 72.0 Å². The van der Waals surface area contributed by atoms with E-state index < -0.39 is 47.4 Å². The summed E-state index contributed by atoms with van der Waals surface area (Å²) in [7, 11) is -5.72. The number of benzene rings is 1. The number of aromatic nitrogens is 2. The molecule has 1 N–H and O–H groups in total. The predicted molar refractivity (Wildman–Crippen MR) is 171 cm³/mol. The van der Waals surface area contributed by atoms with Crippen LogP contribution in [-0.2, 0) is 22.4 Å². The third-order valence-electron chi connectivity index (χ3n) is 8.41. The molecule has 4 rings (SSSR count). The molecule has 0 aliphatic carbocycles. The number of rotatable bonds is 10. The van der Waals surface area contributed by atoms with Crippen LogP contribution in [0.2, 0.25) is 22.2 Å². The number of carbonyl (C=O) groups excluding carboxylic acids is 1. The zero-order valence-corrected chi connectivity index (χ0v) is 28.6. The summed E-state index contributed by atoms with van der Waals surface area (Å²) in [4.78, 5) is 30.2. The summed E-state index contributed by atoms with van der Waals surface area (Å²) in [6.45, 7) is 21.6. The Bertz CT molecular complexity index is 1300. The minimum Gasteiger partial charge on any atom is -0.414 e. The van der Waals surface area contributed by atoms with E-state index >= 15 is 0 Å². The van der Waals surface area contributed by atoms with Crippen LogP contribution in [0.15, 0.2) is 60.0 Å². The minimum absolute atomic E-state index is 0.121. The fraction of sp³-hybridized carbons (Fsp3) is 0.581. The van der Waals surface area contributed by atoms with Gasteiger partial charge in [0.2, 0.25) is 0 Å². The topological polar surface area (TPSA) is 110 Å². The zero-order valence-electron chi connectivity index (χ0n) is 26.6. The maximum absolute atomic E-state index is 13.4. The second-order valence-corrected chi connectivity index (χ2v) is 21.4. The highest BCUT2D eigenvalue weighted by Gasteiger charge is 2.62. The van der Waals surface area contributed by atoms with Crippen molar-refractivity contribution in [1.82, 2.24) is 9.55 Å². The van der Waals surface area contributed by atoms with Gasteiger partial charge in [-0.1, -0.05) is 79.7 Å². The molecule has 2 fully saturated rings. The van der Waals surface area contributed by atoms with E-state index in [-0.39, 0.29) is 47.1 Å². The van der Waals surface area contributed by atoms with Crippen molar-refractivity contribution in [3.05, 3.63) is 71.3 Å². The number of anilines is 1. The van der Waals surface area contributed by atoms with Gasteiger partial charge in [-0.05, 0) is 40.4 Å². The van der Waals surface area contributed by atoms with Gasteiger partial charge in [0, 0.05) is 11.8 Å². The Morgan fingerprint density at radius 3 is 2.23 bits per heavy atom. The number of nitrogens with one attached hydrogen (secondary N) is 1. The molecule has 12 heteroatoms. The Hall–Kier alpha value is -2.46. The van der Waals surface area contributed by atoms with Gasteiger partial charge in [0.05, 0.1) is 13.2 Å². The van der Waals surface area contributed by atoms with E-state index in [1.165, 1.54) is 4.57 Å². The van der Waals surface area contributed by atoms with E-state index in [9.17, 15) is 9.59 Å². The van der Waals surface area contributed by atoms with Crippen molar-refractivity contribution >= 4 is 28.8 Å². The average Bonchev–Trinajstić information content (AvgIpc) is 3.27. The van der Waals surface area contributed by atoms with E-state index in [0.29, 0.717) is 5.56 Å². The van der Waals surface area contributed by atoms with Crippen molar-refractivity contribution in [1.29, 1.82) is 0 Å². The van der Waals surface area contributed by atoms with Crippen molar-refractivity contribution in [3.63, 3.8) is 0 Å². The van der Waals surface area contributed by atoms with Gasteiger partial charge in [-0.3, -0.25) is 9.36 Å². The summed E-state index contributed by atoms with van der Waals surface area (Å²) in [6.07, 6.45) is 0.693. The number of ether oxygens (including phenoxy) is 2. The van der Waals surface area contributed by atoms with Gasteiger partial charge >= 0.3 is 22.8 Å². The molecule has 2 aliphatic rings. The maximum atomic E-state index is 13.4. The van der Waals surface area contributed by atoms with Gasteiger partial charge in [0.1, 0.15) is 24.1 Å². The molecule has 2 saturated heterocycles. The van der Waals surface area contributed by atoms with E-state index in [0.717, 1.165) is 0 Å². The molecule has 1 amide bonds. The van der Waals surface area contributed by atoms with Gasteiger partial charge in [-0.25, -0.2) is 4.79 Å². The first-order valence-electron chi connectivity index (χ1n) is 15.2. The van der Waals surface area contributed by atoms with Gasteiger partial charge < -0.3 is 27.8 Å². The zero-order chi connectivity index (χ0) is 31.5. The molecule has 236 valence electrons.